The van der Waals surface area contributed by atoms with Gasteiger partial charge in [0, 0.05) is 24.8 Å². The largest absolute Gasteiger partial charge is 0.352 e. The van der Waals surface area contributed by atoms with E-state index in [2.05, 4.69) is 31.4 Å². The fourth-order valence-corrected chi connectivity index (χ4v) is 2.95. The van der Waals surface area contributed by atoms with Crippen molar-refractivity contribution in [1.29, 1.82) is 0 Å². The maximum absolute atomic E-state index is 12.2. The zero-order valence-electron chi connectivity index (χ0n) is 15.2. The summed E-state index contributed by atoms with van der Waals surface area (Å²) in [5, 5.41) is 21.9. The summed E-state index contributed by atoms with van der Waals surface area (Å²) in [6.45, 7) is 3.60. The van der Waals surface area contributed by atoms with Crippen LogP contribution in [0.1, 0.15) is 28.0 Å². The van der Waals surface area contributed by atoms with Crippen LogP contribution in [0.25, 0.3) is 0 Å². The summed E-state index contributed by atoms with van der Waals surface area (Å²) in [6, 6.07) is 7.09. The molecular weight excluding hydrogens is 428 g/mol. The first-order valence-electron chi connectivity index (χ1n) is 8.66. The highest BCUT2D eigenvalue weighted by Crippen LogP contribution is 2.13. The Morgan fingerprint density at radius 2 is 2.00 bits per heavy atom. The number of rotatable bonds is 8. The van der Waals surface area contributed by atoms with Crippen molar-refractivity contribution in [3.63, 3.8) is 0 Å². The molecule has 10 heteroatoms. The summed E-state index contributed by atoms with van der Waals surface area (Å²) in [6.07, 6.45) is 5.28. The van der Waals surface area contributed by atoms with Gasteiger partial charge in [0.2, 0.25) is 0 Å². The third-order valence-electron chi connectivity index (χ3n) is 4.13. The van der Waals surface area contributed by atoms with E-state index in [1.165, 1.54) is 17.1 Å². The minimum atomic E-state index is -0.483. The van der Waals surface area contributed by atoms with Gasteiger partial charge in [-0.05, 0) is 47.0 Å². The van der Waals surface area contributed by atoms with Crippen molar-refractivity contribution in [2.75, 3.05) is 6.54 Å². The summed E-state index contributed by atoms with van der Waals surface area (Å²) in [5.41, 5.74) is 2.35. The van der Waals surface area contributed by atoms with Gasteiger partial charge in [0.05, 0.1) is 21.6 Å². The Labute approximate surface area is 169 Å². The minimum Gasteiger partial charge on any atom is -0.352 e. The van der Waals surface area contributed by atoms with Gasteiger partial charge < -0.3 is 5.32 Å². The number of hydrogen-bond acceptors (Lipinski definition) is 5. The van der Waals surface area contributed by atoms with Crippen LogP contribution in [0.5, 0.6) is 0 Å². The molecule has 28 heavy (non-hydrogen) atoms. The number of halogens is 1. The lowest BCUT2D eigenvalue weighted by Crippen LogP contribution is -2.25. The molecule has 0 saturated carbocycles. The first kappa shape index (κ1) is 19.7. The number of nitrogens with one attached hydrogen (secondary N) is 1. The van der Waals surface area contributed by atoms with Gasteiger partial charge in [0.15, 0.2) is 0 Å². The minimum absolute atomic E-state index is 0.0476. The molecule has 1 aromatic carbocycles. The van der Waals surface area contributed by atoms with E-state index in [1.54, 1.807) is 12.1 Å². The molecule has 0 fully saturated rings. The molecule has 0 bridgehead atoms. The fraction of sp³-hybridized carbons (Fsp3) is 0.278. The van der Waals surface area contributed by atoms with Crippen LogP contribution in [-0.2, 0) is 13.1 Å². The summed E-state index contributed by atoms with van der Waals surface area (Å²) in [7, 11) is 0. The lowest BCUT2D eigenvalue weighted by Gasteiger charge is -2.07. The van der Waals surface area contributed by atoms with Crippen molar-refractivity contribution in [1.82, 2.24) is 24.9 Å². The average molecular weight is 447 g/mol. The molecule has 3 rings (SSSR count). The molecule has 0 aliphatic heterocycles. The second-order valence-electron chi connectivity index (χ2n) is 6.29. The number of aromatic nitrogens is 4. The van der Waals surface area contributed by atoms with E-state index in [9.17, 15) is 14.9 Å². The molecule has 146 valence electrons. The van der Waals surface area contributed by atoms with Gasteiger partial charge in [-0.3, -0.25) is 24.3 Å². The molecule has 1 N–H and O–H groups in total. The van der Waals surface area contributed by atoms with Crippen LogP contribution in [0.15, 0.2) is 47.3 Å². The predicted octanol–water partition coefficient (Wildman–Crippen LogP) is 2.93. The lowest BCUT2D eigenvalue weighted by atomic mass is 10.1. The first-order valence-corrected chi connectivity index (χ1v) is 9.45. The van der Waals surface area contributed by atoms with E-state index >= 15 is 0 Å². The van der Waals surface area contributed by atoms with Crippen LogP contribution in [0, 0.1) is 17.0 Å². The standard InChI is InChI=1S/C18H19BrN6O3/c1-13-17(19)12-23(22-13)8-2-7-20-18(26)15-5-3-14(4-6-15)10-24-11-16(9-21-24)25(27)28/h3-6,9,11-12H,2,7-8,10H2,1H3,(H,20,26). The summed E-state index contributed by atoms with van der Waals surface area (Å²) < 4.78 is 4.31. The molecule has 0 atom stereocenters. The monoisotopic (exact) mass is 446 g/mol. The Morgan fingerprint density at radius 3 is 2.61 bits per heavy atom. The van der Waals surface area contributed by atoms with Gasteiger partial charge in [0.25, 0.3) is 5.91 Å². The first-order chi connectivity index (χ1) is 13.4. The highest BCUT2D eigenvalue weighted by atomic mass is 79.9. The van der Waals surface area contributed by atoms with Crippen molar-refractivity contribution in [2.45, 2.75) is 26.4 Å². The quantitative estimate of drug-likeness (QED) is 0.325. The maximum Gasteiger partial charge on any atom is 0.307 e. The van der Waals surface area contributed by atoms with Crippen LogP contribution in [0.4, 0.5) is 5.69 Å². The molecule has 0 saturated heterocycles. The smallest absolute Gasteiger partial charge is 0.307 e. The lowest BCUT2D eigenvalue weighted by molar-refractivity contribution is -0.385. The molecular formula is C18H19BrN6O3. The number of amides is 1. The van der Waals surface area contributed by atoms with Crippen molar-refractivity contribution in [3.05, 3.63) is 74.3 Å². The van der Waals surface area contributed by atoms with Crippen LogP contribution < -0.4 is 5.32 Å². The van der Waals surface area contributed by atoms with Crippen molar-refractivity contribution in [3.8, 4) is 0 Å². The van der Waals surface area contributed by atoms with E-state index in [1.807, 2.05) is 29.9 Å². The second kappa shape index (κ2) is 8.79. The number of nitro groups is 1. The van der Waals surface area contributed by atoms with Gasteiger partial charge in [-0.15, -0.1) is 0 Å². The number of hydrogen-bond donors (Lipinski definition) is 1. The van der Waals surface area contributed by atoms with E-state index in [0.717, 1.165) is 28.7 Å². The topological polar surface area (TPSA) is 108 Å². The molecule has 0 radical (unpaired) electrons. The summed E-state index contributed by atoms with van der Waals surface area (Å²) in [4.78, 5) is 22.4. The number of nitrogens with zero attached hydrogens (tertiary/aromatic N) is 5. The molecule has 3 aromatic rings. The predicted molar refractivity (Wildman–Crippen MR) is 106 cm³/mol. The van der Waals surface area contributed by atoms with Crippen LogP contribution >= 0.6 is 15.9 Å². The molecule has 9 nitrogen and oxygen atoms in total. The van der Waals surface area contributed by atoms with Crippen LogP contribution in [0.2, 0.25) is 0 Å². The highest BCUT2D eigenvalue weighted by molar-refractivity contribution is 9.10. The van der Waals surface area contributed by atoms with Crippen LogP contribution in [0.3, 0.4) is 0 Å². The Balaban J connectivity index is 1.46. The molecule has 0 aliphatic rings. The third-order valence-corrected chi connectivity index (χ3v) is 4.91. The van der Waals surface area contributed by atoms with E-state index in [-0.39, 0.29) is 11.6 Å². The number of carbonyl (C=O) groups is 1. The third kappa shape index (κ3) is 5.03. The maximum atomic E-state index is 12.2. The normalized spacial score (nSPS) is 10.8. The van der Waals surface area contributed by atoms with Crippen molar-refractivity contribution < 1.29 is 9.72 Å². The average Bonchev–Trinajstić information content (AvgIpc) is 3.26. The van der Waals surface area contributed by atoms with Gasteiger partial charge >= 0.3 is 5.69 Å². The summed E-state index contributed by atoms with van der Waals surface area (Å²) in [5.74, 6) is -0.140. The second-order valence-corrected chi connectivity index (χ2v) is 7.14. The van der Waals surface area contributed by atoms with Gasteiger partial charge in [-0.1, -0.05) is 12.1 Å². The Hall–Kier alpha value is -3.01. The number of benzene rings is 1. The molecule has 2 heterocycles. The molecule has 1 amide bonds. The molecule has 2 aromatic heterocycles. The highest BCUT2D eigenvalue weighted by Gasteiger charge is 2.10. The molecule has 0 aliphatic carbocycles. The van der Waals surface area contributed by atoms with Crippen molar-refractivity contribution >= 4 is 27.5 Å². The summed E-state index contributed by atoms with van der Waals surface area (Å²) >= 11 is 3.42. The molecule has 0 spiro atoms. The molecule has 0 unspecified atom stereocenters. The van der Waals surface area contributed by atoms with Gasteiger partial charge in [0.1, 0.15) is 12.4 Å². The van der Waals surface area contributed by atoms with E-state index < -0.39 is 4.92 Å². The number of carbonyl (C=O) groups excluding carboxylic acids is 1. The Kier molecular flexibility index (Phi) is 6.19. The van der Waals surface area contributed by atoms with E-state index in [0.29, 0.717) is 18.7 Å². The van der Waals surface area contributed by atoms with Crippen LogP contribution in [-0.4, -0.2) is 36.9 Å². The van der Waals surface area contributed by atoms with E-state index in [4.69, 9.17) is 0 Å². The Morgan fingerprint density at radius 1 is 1.25 bits per heavy atom. The van der Waals surface area contributed by atoms with Gasteiger partial charge in [-0.25, -0.2) is 0 Å². The Bertz CT molecular complexity index is 960. The fourth-order valence-electron chi connectivity index (χ4n) is 2.64. The number of aryl methyl sites for hydroxylation is 2. The van der Waals surface area contributed by atoms with Crippen molar-refractivity contribution in [2.24, 2.45) is 0 Å². The zero-order chi connectivity index (χ0) is 20.1. The SMILES string of the molecule is Cc1nn(CCCNC(=O)c2ccc(Cn3cc([N+](=O)[O-])cn3)cc2)cc1Br. The zero-order valence-corrected chi connectivity index (χ0v) is 16.8. The van der Waals surface area contributed by atoms with Gasteiger partial charge in [-0.2, -0.15) is 10.2 Å².